The summed E-state index contributed by atoms with van der Waals surface area (Å²) in [4.78, 5) is 31.6. The number of rotatable bonds is 5. The Morgan fingerprint density at radius 3 is 2.07 bits per heavy atom. The van der Waals surface area contributed by atoms with Crippen LogP contribution in [0.1, 0.15) is 19.3 Å². The number of methoxy groups -OCH3 is 1. The topological polar surface area (TPSA) is 60.4 Å². The number of alkyl halides is 3. The van der Waals surface area contributed by atoms with E-state index in [2.05, 4.69) is 4.74 Å². The van der Waals surface area contributed by atoms with Crippen LogP contribution in [0.15, 0.2) is 0 Å². The number of carbonyl (C=O) groups is 3. The van der Waals surface area contributed by atoms with E-state index in [0.717, 1.165) is 7.11 Å². The van der Waals surface area contributed by atoms with Crippen LogP contribution in [0.3, 0.4) is 0 Å². The van der Waals surface area contributed by atoms with Crippen LogP contribution in [0.5, 0.6) is 0 Å². The zero-order valence-electron chi connectivity index (χ0n) is 7.89. The molecular formula is C8H9F3O4. The highest BCUT2D eigenvalue weighted by Gasteiger charge is 2.38. The van der Waals surface area contributed by atoms with E-state index in [4.69, 9.17) is 0 Å². The van der Waals surface area contributed by atoms with Crippen molar-refractivity contribution in [2.45, 2.75) is 25.4 Å². The number of carbonyl (C=O) groups excluding carboxylic acids is 3. The first-order valence-corrected chi connectivity index (χ1v) is 3.96. The molecule has 0 fully saturated rings. The second kappa shape index (κ2) is 5.47. The summed E-state index contributed by atoms with van der Waals surface area (Å²) in [6.45, 7) is 0. The minimum absolute atomic E-state index is 0.319. The van der Waals surface area contributed by atoms with E-state index in [1.807, 2.05) is 0 Å². The number of ketones is 2. The van der Waals surface area contributed by atoms with Crippen molar-refractivity contribution in [2.24, 2.45) is 0 Å². The van der Waals surface area contributed by atoms with Gasteiger partial charge in [0.1, 0.15) is 5.78 Å². The lowest BCUT2D eigenvalue weighted by Gasteiger charge is -2.03. The third-order valence-corrected chi connectivity index (χ3v) is 1.51. The number of hydrogen-bond donors (Lipinski definition) is 0. The van der Waals surface area contributed by atoms with Crippen molar-refractivity contribution >= 4 is 17.5 Å². The Bertz CT molecular complexity index is 270. The molecule has 0 N–H and O–H groups in total. The van der Waals surface area contributed by atoms with E-state index in [-0.39, 0.29) is 6.42 Å². The summed E-state index contributed by atoms with van der Waals surface area (Å²) in [5, 5.41) is 0. The largest absolute Gasteiger partial charge is 0.469 e. The lowest BCUT2D eigenvalue weighted by atomic mass is 10.1. The van der Waals surface area contributed by atoms with Crippen LogP contribution in [-0.4, -0.2) is 30.8 Å². The number of Topliss-reactive ketones (excluding diaryl/α,β-unsaturated/α-hetero) is 2. The minimum Gasteiger partial charge on any atom is -0.469 e. The van der Waals surface area contributed by atoms with E-state index in [1.54, 1.807) is 0 Å². The van der Waals surface area contributed by atoms with Gasteiger partial charge in [-0.15, -0.1) is 0 Å². The first-order valence-electron chi connectivity index (χ1n) is 3.96. The number of halogens is 3. The molecule has 0 rings (SSSR count). The SMILES string of the molecule is COC(=O)CCC(=O)CC(=O)C(F)(F)F. The Morgan fingerprint density at radius 2 is 1.67 bits per heavy atom. The minimum atomic E-state index is -5.00. The second-order valence-corrected chi connectivity index (χ2v) is 2.71. The third-order valence-electron chi connectivity index (χ3n) is 1.51. The molecule has 0 bridgehead atoms. The van der Waals surface area contributed by atoms with Crippen LogP contribution in [0.4, 0.5) is 13.2 Å². The van der Waals surface area contributed by atoms with Gasteiger partial charge in [0.2, 0.25) is 5.78 Å². The van der Waals surface area contributed by atoms with Gasteiger partial charge in [0.25, 0.3) is 0 Å². The van der Waals surface area contributed by atoms with Crippen LogP contribution in [0.2, 0.25) is 0 Å². The molecular weight excluding hydrogens is 217 g/mol. The first-order chi connectivity index (χ1) is 6.77. The summed E-state index contributed by atoms with van der Waals surface area (Å²) in [5.41, 5.74) is 0. The third kappa shape index (κ3) is 5.82. The van der Waals surface area contributed by atoms with Gasteiger partial charge in [-0.2, -0.15) is 13.2 Å². The molecule has 0 saturated carbocycles. The maximum atomic E-state index is 11.7. The van der Waals surface area contributed by atoms with Gasteiger partial charge in [-0.3, -0.25) is 14.4 Å². The van der Waals surface area contributed by atoms with Crippen LogP contribution in [-0.2, 0) is 19.1 Å². The fraction of sp³-hybridized carbons (Fsp3) is 0.625. The van der Waals surface area contributed by atoms with E-state index in [9.17, 15) is 27.6 Å². The van der Waals surface area contributed by atoms with Gasteiger partial charge in [-0.1, -0.05) is 0 Å². The second-order valence-electron chi connectivity index (χ2n) is 2.71. The maximum Gasteiger partial charge on any atom is 0.450 e. The molecule has 7 heteroatoms. The predicted molar refractivity (Wildman–Crippen MR) is 41.9 cm³/mol. The van der Waals surface area contributed by atoms with E-state index < -0.39 is 36.6 Å². The van der Waals surface area contributed by atoms with Gasteiger partial charge in [-0.25, -0.2) is 0 Å². The molecule has 0 heterocycles. The van der Waals surface area contributed by atoms with Crippen molar-refractivity contribution in [1.82, 2.24) is 0 Å². The number of esters is 1. The summed E-state index contributed by atoms with van der Waals surface area (Å²) in [7, 11) is 1.09. The normalized spacial score (nSPS) is 10.9. The molecule has 0 atom stereocenters. The summed E-state index contributed by atoms with van der Waals surface area (Å²) in [6, 6.07) is 0. The van der Waals surface area contributed by atoms with Crippen LogP contribution >= 0.6 is 0 Å². The Labute approximate surface area is 83.4 Å². The molecule has 0 aromatic rings. The van der Waals surface area contributed by atoms with E-state index in [1.165, 1.54) is 0 Å². The standard InChI is InChI=1S/C8H9F3O4/c1-15-7(14)3-2-5(12)4-6(13)8(9,10)11/h2-4H2,1H3. The molecule has 0 radical (unpaired) electrons. The predicted octanol–water partition coefficient (Wildman–Crippen LogP) is 1.03. The fourth-order valence-electron chi connectivity index (χ4n) is 0.711. The average molecular weight is 226 g/mol. The van der Waals surface area contributed by atoms with Crippen LogP contribution in [0, 0.1) is 0 Å². The van der Waals surface area contributed by atoms with Gasteiger partial charge < -0.3 is 4.74 Å². The highest BCUT2D eigenvalue weighted by Crippen LogP contribution is 2.18. The van der Waals surface area contributed by atoms with Crippen molar-refractivity contribution in [3.8, 4) is 0 Å². The summed E-state index contributed by atoms with van der Waals surface area (Å²) < 4.78 is 39.2. The summed E-state index contributed by atoms with van der Waals surface area (Å²) in [6.07, 6.45) is -6.96. The van der Waals surface area contributed by atoms with Gasteiger partial charge in [-0.05, 0) is 0 Å². The van der Waals surface area contributed by atoms with Gasteiger partial charge in [0.05, 0.1) is 20.0 Å². The number of ether oxygens (including phenoxy) is 1. The van der Waals surface area contributed by atoms with Crippen molar-refractivity contribution in [3.63, 3.8) is 0 Å². The molecule has 0 saturated heterocycles. The highest BCUT2D eigenvalue weighted by atomic mass is 19.4. The molecule has 0 aliphatic carbocycles. The van der Waals surface area contributed by atoms with Crippen molar-refractivity contribution in [1.29, 1.82) is 0 Å². The smallest absolute Gasteiger partial charge is 0.450 e. The molecule has 0 aromatic heterocycles. The Kier molecular flexibility index (Phi) is 4.96. The zero-order chi connectivity index (χ0) is 12.1. The fourth-order valence-corrected chi connectivity index (χ4v) is 0.711. The zero-order valence-corrected chi connectivity index (χ0v) is 7.89. The van der Waals surface area contributed by atoms with Crippen molar-refractivity contribution < 1.29 is 32.3 Å². The Hall–Kier alpha value is -1.40. The molecule has 0 spiro atoms. The maximum absolute atomic E-state index is 11.7. The van der Waals surface area contributed by atoms with E-state index in [0.29, 0.717) is 0 Å². The van der Waals surface area contributed by atoms with Crippen LogP contribution in [0.25, 0.3) is 0 Å². The molecule has 86 valence electrons. The quantitative estimate of drug-likeness (QED) is 0.519. The molecule has 0 aromatic carbocycles. The summed E-state index contributed by atoms with van der Waals surface area (Å²) in [5.74, 6) is -3.73. The average Bonchev–Trinajstić information content (AvgIpc) is 2.12. The van der Waals surface area contributed by atoms with Crippen LogP contribution < -0.4 is 0 Å². The highest BCUT2D eigenvalue weighted by molar-refractivity contribution is 6.02. The molecule has 4 nitrogen and oxygen atoms in total. The molecule has 0 amide bonds. The summed E-state index contributed by atoms with van der Waals surface area (Å²) >= 11 is 0. The molecule has 0 aliphatic rings. The number of hydrogen-bond acceptors (Lipinski definition) is 4. The monoisotopic (exact) mass is 226 g/mol. The van der Waals surface area contributed by atoms with Gasteiger partial charge in [0, 0.05) is 6.42 Å². The van der Waals surface area contributed by atoms with Crippen molar-refractivity contribution in [2.75, 3.05) is 7.11 Å². The van der Waals surface area contributed by atoms with Gasteiger partial charge >= 0.3 is 12.1 Å². The lowest BCUT2D eigenvalue weighted by Crippen LogP contribution is -2.25. The molecule has 0 aliphatic heterocycles. The Balaban J connectivity index is 3.95. The molecule has 15 heavy (non-hydrogen) atoms. The van der Waals surface area contributed by atoms with Crippen molar-refractivity contribution in [3.05, 3.63) is 0 Å². The molecule has 0 unspecified atom stereocenters. The van der Waals surface area contributed by atoms with E-state index >= 15 is 0 Å². The van der Waals surface area contributed by atoms with Gasteiger partial charge in [0.15, 0.2) is 0 Å². The Morgan fingerprint density at radius 1 is 1.13 bits per heavy atom. The lowest BCUT2D eigenvalue weighted by molar-refractivity contribution is -0.171. The first kappa shape index (κ1) is 13.6.